The first-order valence-electron chi connectivity index (χ1n) is 7.63. The maximum Gasteiger partial charge on any atom is 0.119 e. The Hall–Kier alpha value is -0.670. The smallest absolute Gasteiger partial charge is 0.119 e. The van der Waals surface area contributed by atoms with Crippen molar-refractivity contribution in [2.75, 3.05) is 12.9 Å². The van der Waals surface area contributed by atoms with Crippen LogP contribution in [0.15, 0.2) is 23.1 Å². The third kappa shape index (κ3) is 3.15. The van der Waals surface area contributed by atoms with Gasteiger partial charge < -0.3 is 9.84 Å². The van der Waals surface area contributed by atoms with E-state index in [-0.39, 0.29) is 11.5 Å². The van der Waals surface area contributed by atoms with Crippen LogP contribution in [0.1, 0.15) is 45.1 Å². The minimum absolute atomic E-state index is 0.0624. The highest BCUT2D eigenvalue weighted by atomic mass is 32.2. The average molecular weight is 294 g/mol. The zero-order valence-electron chi connectivity index (χ0n) is 12.8. The van der Waals surface area contributed by atoms with Gasteiger partial charge in [-0.15, -0.1) is 11.8 Å². The topological polar surface area (TPSA) is 29.5 Å². The quantitative estimate of drug-likeness (QED) is 0.878. The monoisotopic (exact) mass is 294 g/mol. The van der Waals surface area contributed by atoms with E-state index in [1.54, 1.807) is 7.11 Å². The molecular formula is C17H26O2S. The largest absolute Gasteiger partial charge is 0.497 e. The summed E-state index contributed by atoms with van der Waals surface area (Å²) in [6.07, 6.45) is 5.06. The molecule has 2 nitrogen and oxygen atoms in total. The van der Waals surface area contributed by atoms with Gasteiger partial charge in [-0.2, -0.15) is 0 Å². The summed E-state index contributed by atoms with van der Waals surface area (Å²) in [6.45, 7) is 4.44. The van der Waals surface area contributed by atoms with Crippen LogP contribution in [0.4, 0.5) is 0 Å². The molecule has 0 radical (unpaired) electrons. The Bertz CT molecular complexity index is 447. The average Bonchev–Trinajstić information content (AvgIpc) is 2.61. The number of aliphatic hydroxyl groups excluding tert-OH is 1. The molecule has 0 unspecified atom stereocenters. The van der Waals surface area contributed by atoms with Crippen molar-refractivity contribution in [1.82, 2.24) is 0 Å². The summed E-state index contributed by atoms with van der Waals surface area (Å²) >= 11 is 1.90. The van der Waals surface area contributed by atoms with Crippen LogP contribution in [0.5, 0.6) is 5.75 Å². The lowest BCUT2D eigenvalue weighted by atomic mass is 9.75. The Balaban J connectivity index is 2.24. The lowest BCUT2D eigenvalue weighted by molar-refractivity contribution is 0.0309. The molecule has 112 valence electrons. The van der Waals surface area contributed by atoms with Crippen molar-refractivity contribution in [1.29, 1.82) is 0 Å². The SMILES string of the molecule is CCCC[C@]1(CC)CSc2ccc(OC)cc2C[C@H]1O. The van der Waals surface area contributed by atoms with Gasteiger partial charge in [-0.25, -0.2) is 0 Å². The summed E-state index contributed by atoms with van der Waals surface area (Å²) in [5.41, 5.74) is 1.29. The van der Waals surface area contributed by atoms with Gasteiger partial charge in [0.2, 0.25) is 0 Å². The summed E-state index contributed by atoms with van der Waals surface area (Å²) in [7, 11) is 1.69. The second-order valence-electron chi connectivity index (χ2n) is 5.80. The number of benzene rings is 1. The Kier molecular flexibility index (Phi) is 5.39. The molecule has 0 aromatic heterocycles. The van der Waals surface area contributed by atoms with E-state index in [1.807, 2.05) is 17.8 Å². The molecule has 1 aliphatic rings. The van der Waals surface area contributed by atoms with Crippen LogP contribution >= 0.6 is 11.8 Å². The molecule has 0 spiro atoms. The van der Waals surface area contributed by atoms with Crippen molar-refractivity contribution in [3.05, 3.63) is 23.8 Å². The van der Waals surface area contributed by atoms with Gasteiger partial charge in [-0.05, 0) is 36.6 Å². The molecule has 0 saturated heterocycles. The fourth-order valence-electron chi connectivity index (χ4n) is 3.01. The summed E-state index contributed by atoms with van der Waals surface area (Å²) in [6, 6.07) is 6.23. The van der Waals surface area contributed by atoms with E-state index in [0.29, 0.717) is 0 Å². The lowest BCUT2D eigenvalue weighted by Crippen LogP contribution is -2.37. The molecule has 1 heterocycles. The van der Waals surface area contributed by atoms with Gasteiger partial charge in [0.25, 0.3) is 0 Å². The minimum Gasteiger partial charge on any atom is -0.497 e. The van der Waals surface area contributed by atoms with E-state index in [4.69, 9.17) is 4.74 Å². The first kappa shape index (κ1) is 15.7. The van der Waals surface area contributed by atoms with Crippen LogP contribution in [0, 0.1) is 5.41 Å². The lowest BCUT2D eigenvalue weighted by Gasteiger charge is -2.36. The first-order valence-corrected chi connectivity index (χ1v) is 8.61. The van der Waals surface area contributed by atoms with E-state index >= 15 is 0 Å². The number of thioether (sulfide) groups is 1. The molecule has 1 aromatic rings. The number of fused-ring (bicyclic) bond motifs is 1. The Morgan fingerprint density at radius 2 is 2.20 bits per heavy atom. The Morgan fingerprint density at radius 1 is 1.40 bits per heavy atom. The molecule has 2 atom stereocenters. The second kappa shape index (κ2) is 6.86. The third-order valence-electron chi connectivity index (χ3n) is 4.64. The van der Waals surface area contributed by atoms with E-state index in [0.717, 1.165) is 30.8 Å². The van der Waals surface area contributed by atoms with E-state index in [9.17, 15) is 5.11 Å². The highest BCUT2D eigenvalue weighted by Crippen LogP contribution is 2.44. The molecule has 0 saturated carbocycles. The van der Waals surface area contributed by atoms with E-state index in [2.05, 4.69) is 26.0 Å². The number of rotatable bonds is 5. The van der Waals surface area contributed by atoms with Gasteiger partial charge in [-0.3, -0.25) is 0 Å². The van der Waals surface area contributed by atoms with Crippen LogP contribution in [0.2, 0.25) is 0 Å². The minimum atomic E-state index is -0.250. The molecule has 1 aromatic carbocycles. The molecule has 1 N–H and O–H groups in total. The van der Waals surface area contributed by atoms with E-state index < -0.39 is 0 Å². The molecule has 20 heavy (non-hydrogen) atoms. The zero-order valence-corrected chi connectivity index (χ0v) is 13.6. The van der Waals surface area contributed by atoms with Crippen molar-refractivity contribution in [3.8, 4) is 5.75 Å². The number of hydrogen-bond donors (Lipinski definition) is 1. The predicted octanol–water partition coefficient (Wildman–Crippen LogP) is 4.29. The van der Waals surface area contributed by atoms with Crippen LogP contribution in [-0.4, -0.2) is 24.1 Å². The van der Waals surface area contributed by atoms with Gasteiger partial charge in [0.15, 0.2) is 0 Å². The molecule has 0 aliphatic carbocycles. The summed E-state index contributed by atoms with van der Waals surface area (Å²) < 4.78 is 5.31. The molecule has 2 rings (SSSR count). The van der Waals surface area contributed by atoms with Gasteiger partial charge in [0.1, 0.15) is 5.75 Å². The third-order valence-corrected chi connectivity index (χ3v) is 6.06. The summed E-state index contributed by atoms with van der Waals surface area (Å²) in [5.74, 6) is 1.90. The fraction of sp³-hybridized carbons (Fsp3) is 0.647. The first-order chi connectivity index (χ1) is 9.65. The standard InChI is InChI=1S/C17H26O2S/c1-4-6-9-17(5-2)12-20-15-8-7-14(19-3)10-13(15)11-16(17)18/h7-8,10,16,18H,4-6,9,11-12H2,1-3H3/t16-,17-/m1/s1. The molecule has 0 fully saturated rings. The normalized spacial score (nSPS) is 25.9. The second-order valence-corrected chi connectivity index (χ2v) is 6.82. The number of unbranched alkanes of at least 4 members (excludes halogenated alkanes) is 1. The van der Waals surface area contributed by atoms with Crippen molar-refractivity contribution < 1.29 is 9.84 Å². The number of methoxy groups -OCH3 is 1. The molecule has 3 heteroatoms. The van der Waals surface area contributed by atoms with Crippen LogP contribution in [0.3, 0.4) is 0 Å². The Labute approximate surface area is 126 Å². The number of aliphatic hydroxyl groups is 1. The van der Waals surface area contributed by atoms with Gasteiger partial charge in [0, 0.05) is 22.5 Å². The Morgan fingerprint density at radius 3 is 2.85 bits per heavy atom. The fourth-order valence-corrected chi connectivity index (χ4v) is 4.48. The van der Waals surface area contributed by atoms with Crippen LogP contribution in [0.25, 0.3) is 0 Å². The van der Waals surface area contributed by atoms with Crippen LogP contribution in [-0.2, 0) is 6.42 Å². The number of hydrogen-bond acceptors (Lipinski definition) is 3. The molecule has 0 bridgehead atoms. The van der Waals surface area contributed by atoms with Crippen molar-refractivity contribution in [2.45, 2.75) is 57.0 Å². The van der Waals surface area contributed by atoms with Crippen molar-refractivity contribution in [3.63, 3.8) is 0 Å². The molecular weight excluding hydrogens is 268 g/mol. The molecule has 0 amide bonds. The van der Waals surface area contributed by atoms with Crippen molar-refractivity contribution in [2.24, 2.45) is 5.41 Å². The highest BCUT2D eigenvalue weighted by molar-refractivity contribution is 7.99. The maximum absolute atomic E-state index is 10.8. The summed E-state index contributed by atoms with van der Waals surface area (Å²) in [4.78, 5) is 1.30. The maximum atomic E-state index is 10.8. The van der Waals surface area contributed by atoms with Crippen molar-refractivity contribution >= 4 is 11.8 Å². The van der Waals surface area contributed by atoms with Gasteiger partial charge in [0.05, 0.1) is 13.2 Å². The van der Waals surface area contributed by atoms with Crippen LogP contribution < -0.4 is 4.74 Å². The highest BCUT2D eigenvalue weighted by Gasteiger charge is 2.38. The predicted molar refractivity (Wildman–Crippen MR) is 85.7 cm³/mol. The van der Waals surface area contributed by atoms with Gasteiger partial charge in [-0.1, -0.05) is 26.7 Å². The van der Waals surface area contributed by atoms with Gasteiger partial charge >= 0.3 is 0 Å². The number of ether oxygens (including phenoxy) is 1. The zero-order chi connectivity index (χ0) is 14.6. The summed E-state index contributed by atoms with van der Waals surface area (Å²) in [5, 5.41) is 10.8. The van der Waals surface area contributed by atoms with E-state index in [1.165, 1.54) is 23.3 Å². The molecule has 1 aliphatic heterocycles.